The Labute approximate surface area is 118 Å². The first kappa shape index (κ1) is 14.7. The van der Waals surface area contributed by atoms with Crippen LogP contribution in [0.1, 0.15) is 37.6 Å². The molecule has 1 heterocycles. The number of aryl methyl sites for hydroxylation is 1. The first-order chi connectivity index (χ1) is 9.65. The van der Waals surface area contributed by atoms with Gasteiger partial charge in [0.2, 0.25) is 11.8 Å². The van der Waals surface area contributed by atoms with Crippen molar-refractivity contribution in [3.8, 4) is 0 Å². The maximum atomic E-state index is 13.5. The Kier molecular flexibility index (Phi) is 5.24. The normalized spacial score (nSPS) is 11.2. The van der Waals surface area contributed by atoms with Gasteiger partial charge in [-0.1, -0.05) is 32.0 Å². The number of nitrogens with zero attached hydrogens (tertiary/aromatic N) is 2. The Hall–Kier alpha value is -1.75. The standard InChI is InChI=1S/C15H20FN3O/c1-11(2)17-9-5-8-14-18-19-15(20-14)10-12-6-3-4-7-13(12)16/h3-4,6-7,11,17H,5,8-10H2,1-2H3. The van der Waals surface area contributed by atoms with Crippen molar-refractivity contribution in [2.24, 2.45) is 0 Å². The minimum atomic E-state index is -0.242. The number of aromatic nitrogens is 2. The van der Waals surface area contributed by atoms with Crippen molar-refractivity contribution in [2.45, 2.75) is 39.2 Å². The molecule has 1 aromatic carbocycles. The zero-order valence-corrected chi connectivity index (χ0v) is 11.9. The molecular weight excluding hydrogens is 257 g/mol. The van der Waals surface area contributed by atoms with E-state index < -0.39 is 0 Å². The summed E-state index contributed by atoms with van der Waals surface area (Å²) in [6.07, 6.45) is 2.02. The molecule has 0 unspecified atom stereocenters. The molecule has 0 fully saturated rings. The van der Waals surface area contributed by atoms with Crippen molar-refractivity contribution in [1.82, 2.24) is 15.5 Å². The summed E-state index contributed by atoms with van der Waals surface area (Å²) in [5.74, 6) is 0.831. The van der Waals surface area contributed by atoms with Gasteiger partial charge in [-0.05, 0) is 24.6 Å². The molecule has 108 valence electrons. The summed E-state index contributed by atoms with van der Waals surface area (Å²) in [4.78, 5) is 0. The second kappa shape index (κ2) is 7.14. The third-order valence-corrected chi connectivity index (χ3v) is 2.93. The summed E-state index contributed by atoms with van der Waals surface area (Å²) in [6, 6.07) is 7.11. The summed E-state index contributed by atoms with van der Waals surface area (Å²) in [7, 11) is 0. The van der Waals surface area contributed by atoms with Crippen LogP contribution in [0.2, 0.25) is 0 Å². The van der Waals surface area contributed by atoms with Gasteiger partial charge in [0.05, 0.1) is 6.42 Å². The molecule has 1 aromatic heterocycles. The zero-order chi connectivity index (χ0) is 14.4. The molecule has 4 nitrogen and oxygen atoms in total. The molecule has 1 N–H and O–H groups in total. The Morgan fingerprint density at radius 2 is 1.95 bits per heavy atom. The van der Waals surface area contributed by atoms with E-state index in [4.69, 9.17) is 4.42 Å². The van der Waals surface area contributed by atoms with Gasteiger partial charge >= 0.3 is 0 Å². The molecule has 0 atom stereocenters. The highest BCUT2D eigenvalue weighted by Gasteiger charge is 2.09. The van der Waals surface area contributed by atoms with Crippen LogP contribution >= 0.6 is 0 Å². The number of nitrogens with one attached hydrogen (secondary N) is 1. The van der Waals surface area contributed by atoms with Crippen molar-refractivity contribution in [2.75, 3.05) is 6.54 Å². The Bertz CT molecular complexity index is 539. The fourth-order valence-corrected chi connectivity index (χ4v) is 1.90. The monoisotopic (exact) mass is 277 g/mol. The van der Waals surface area contributed by atoms with Crippen LogP contribution in [0.15, 0.2) is 28.7 Å². The first-order valence-electron chi connectivity index (χ1n) is 6.93. The van der Waals surface area contributed by atoms with Gasteiger partial charge < -0.3 is 9.73 Å². The molecule has 5 heteroatoms. The molecule has 20 heavy (non-hydrogen) atoms. The number of rotatable bonds is 7. The maximum Gasteiger partial charge on any atom is 0.221 e. The van der Waals surface area contributed by atoms with Crippen LogP contribution in [0.4, 0.5) is 4.39 Å². The molecule has 0 saturated carbocycles. The molecule has 2 aromatic rings. The van der Waals surface area contributed by atoms with Crippen LogP contribution in [-0.4, -0.2) is 22.8 Å². The third-order valence-electron chi connectivity index (χ3n) is 2.93. The molecule has 0 spiro atoms. The molecular formula is C15H20FN3O. The molecule has 0 aliphatic rings. The number of hydrogen-bond acceptors (Lipinski definition) is 4. The lowest BCUT2D eigenvalue weighted by Gasteiger charge is -2.05. The van der Waals surface area contributed by atoms with E-state index in [1.807, 2.05) is 0 Å². The smallest absolute Gasteiger partial charge is 0.221 e. The van der Waals surface area contributed by atoms with E-state index in [9.17, 15) is 4.39 Å². The van der Waals surface area contributed by atoms with Gasteiger partial charge in [-0.3, -0.25) is 0 Å². The molecule has 0 saturated heterocycles. The SMILES string of the molecule is CC(C)NCCCc1nnc(Cc2ccccc2F)o1. The van der Waals surface area contributed by atoms with Gasteiger partial charge in [0.1, 0.15) is 5.82 Å². The van der Waals surface area contributed by atoms with Crippen LogP contribution in [0, 0.1) is 5.82 Å². The number of benzene rings is 1. The summed E-state index contributed by atoms with van der Waals surface area (Å²) in [5, 5.41) is 11.3. The van der Waals surface area contributed by atoms with Gasteiger partial charge in [-0.2, -0.15) is 0 Å². The summed E-state index contributed by atoms with van der Waals surface area (Å²) >= 11 is 0. The summed E-state index contributed by atoms with van der Waals surface area (Å²) < 4.78 is 19.0. The van der Waals surface area contributed by atoms with Gasteiger partial charge in [0.15, 0.2) is 0 Å². The molecule has 0 aliphatic heterocycles. The average molecular weight is 277 g/mol. The van der Waals surface area contributed by atoms with Crippen molar-refractivity contribution >= 4 is 0 Å². The van der Waals surface area contributed by atoms with E-state index in [1.165, 1.54) is 6.07 Å². The van der Waals surface area contributed by atoms with E-state index >= 15 is 0 Å². The van der Waals surface area contributed by atoms with E-state index in [0.717, 1.165) is 19.4 Å². The predicted octanol–water partition coefficient (Wildman–Crippen LogP) is 2.73. The highest BCUT2D eigenvalue weighted by atomic mass is 19.1. The molecule has 0 aliphatic carbocycles. The Balaban J connectivity index is 1.85. The largest absolute Gasteiger partial charge is 0.425 e. The quantitative estimate of drug-likeness (QED) is 0.791. The van der Waals surface area contributed by atoms with Gasteiger partial charge in [0.25, 0.3) is 0 Å². The highest BCUT2D eigenvalue weighted by molar-refractivity contribution is 5.20. The fourth-order valence-electron chi connectivity index (χ4n) is 1.90. The molecule has 2 rings (SSSR count). The first-order valence-corrected chi connectivity index (χ1v) is 6.93. The van der Waals surface area contributed by atoms with Crippen molar-refractivity contribution in [3.05, 3.63) is 47.4 Å². The van der Waals surface area contributed by atoms with E-state index in [2.05, 4.69) is 29.4 Å². The van der Waals surface area contributed by atoms with E-state index in [1.54, 1.807) is 18.2 Å². The molecule has 0 radical (unpaired) electrons. The lowest BCUT2D eigenvalue weighted by atomic mass is 10.1. The second-order valence-electron chi connectivity index (χ2n) is 5.07. The van der Waals surface area contributed by atoms with Crippen molar-refractivity contribution in [3.63, 3.8) is 0 Å². The summed E-state index contributed by atoms with van der Waals surface area (Å²) in [5.41, 5.74) is 0.573. The van der Waals surface area contributed by atoms with Gasteiger partial charge in [0, 0.05) is 12.5 Å². The molecule has 0 bridgehead atoms. The average Bonchev–Trinajstić information content (AvgIpc) is 2.85. The summed E-state index contributed by atoms with van der Waals surface area (Å²) in [6.45, 7) is 5.14. The molecule has 0 amide bonds. The Morgan fingerprint density at radius 1 is 1.20 bits per heavy atom. The predicted molar refractivity (Wildman–Crippen MR) is 75.0 cm³/mol. The minimum absolute atomic E-state index is 0.242. The van der Waals surface area contributed by atoms with Gasteiger partial charge in [-0.15, -0.1) is 10.2 Å². The number of halogens is 1. The third kappa shape index (κ3) is 4.42. The maximum absolute atomic E-state index is 13.5. The van der Waals surface area contributed by atoms with Crippen molar-refractivity contribution < 1.29 is 8.81 Å². The van der Waals surface area contributed by atoms with E-state index in [0.29, 0.717) is 29.8 Å². The van der Waals surface area contributed by atoms with Crippen LogP contribution in [-0.2, 0) is 12.8 Å². The fraction of sp³-hybridized carbons (Fsp3) is 0.467. The van der Waals surface area contributed by atoms with Crippen molar-refractivity contribution in [1.29, 1.82) is 0 Å². The lowest BCUT2D eigenvalue weighted by Crippen LogP contribution is -2.23. The minimum Gasteiger partial charge on any atom is -0.425 e. The number of hydrogen-bond donors (Lipinski definition) is 1. The topological polar surface area (TPSA) is 51.0 Å². The second-order valence-corrected chi connectivity index (χ2v) is 5.07. The Morgan fingerprint density at radius 3 is 2.70 bits per heavy atom. The van der Waals surface area contributed by atoms with Crippen LogP contribution in [0.25, 0.3) is 0 Å². The highest BCUT2D eigenvalue weighted by Crippen LogP contribution is 2.12. The van der Waals surface area contributed by atoms with Crippen LogP contribution < -0.4 is 5.32 Å². The lowest BCUT2D eigenvalue weighted by molar-refractivity contribution is 0.444. The zero-order valence-electron chi connectivity index (χ0n) is 11.9. The van der Waals surface area contributed by atoms with Crippen LogP contribution in [0.3, 0.4) is 0 Å². The van der Waals surface area contributed by atoms with E-state index in [-0.39, 0.29) is 5.82 Å². The van der Waals surface area contributed by atoms with Gasteiger partial charge in [-0.25, -0.2) is 4.39 Å². The van der Waals surface area contributed by atoms with Crippen LogP contribution in [0.5, 0.6) is 0 Å².